The van der Waals surface area contributed by atoms with Gasteiger partial charge in [0.25, 0.3) is 0 Å². The van der Waals surface area contributed by atoms with Gasteiger partial charge in [-0.05, 0) is 79.2 Å². The van der Waals surface area contributed by atoms with E-state index in [1.54, 1.807) is 37.3 Å². The molecular weight excluding hydrogens is 507 g/mol. The van der Waals surface area contributed by atoms with E-state index in [0.717, 1.165) is 11.3 Å². The first-order valence-electron chi connectivity index (χ1n) is 11.6. The number of ketones is 1. The molecule has 0 bridgehead atoms. The molecule has 7 nitrogen and oxygen atoms in total. The van der Waals surface area contributed by atoms with E-state index in [1.165, 1.54) is 28.8 Å². The molecule has 0 saturated carbocycles. The van der Waals surface area contributed by atoms with E-state index in [-0.39, 0.29) is 22.1 Å². The Labute approximate surface area is 219 Å². The summed E-state index contributed by atoms with van der Waals surface area (Å²) in [4.78, 5) is 18.0. The van der Waals surface area contributed by atoms with Crippen LogP contribution in [0.4, 0.5) is 4.39 Å². The number of benzene rings is 3. The Morgan fingerprint density at radius 2 is 1.71 bits per heavy atom. The Kier molecular flexibility index (Phi) is 5.69. The minimum atomic E-state index is -0.617. The molecule has 9 heteroatoms. The van der Waals surface area contributed by atoms with Crippen molar-refractivity contribution in [2.45, 2.75) is 6.92 Å². The van der Waals surface area contributed by atoms with Gasteiger partial charge in [0.15, 0.2) is 16.6 Å². The standard InChI is InChI=1S/C29H19FN2O5S/c1-16-7-14-22(36-16)26(33)24-25(17-8-11-20(12-9-17)37-19-5-3-2-4-6-19)32(28(35)27(24)34)29-31-21-13-10-18(30)15-23(21)38-29/h2-15,34-35H,1H3. The molecule has 3 heterocycles. The first-order chi connectivity index (χ1) is 18.4. The van der Waals surface area contributed by atoms with Crippen LogP contribution in [0.5, 0.6) is 23.1 Å². The van der Waals surface area contributed by atoms with Crippen molar-refractivity contribution in [3.05, 3.63) is 108 Å². The highest BCUT2D eigenvalue weighted by Gasteiger charge is 2.32. The van der Waals surface area contributed by atoms with E-state index in [2.05, 4.69) is 4.98 Å². The Morgan fingerprint density at radius 3 is 2.42 bits per heavy atom. The minimum absolute atomic E-state index is 0.00611. The predicted octanol–water partition coefficient (Wildman–Crippen LogP) is 7.23. The first kappa shape index (κ1) is 23.5. The zero-order valence-corrected chi connectivity index (χ0v) is 20.7. The third kappa shape index (κ3) is 4.08. The molecule has 6 rings (SSSR count). The van der Waals surface area contributed by atoms with Crippen molar-refractivity contribution in [1.29, 1.82) is 0 Å². The number of para-hydroxylation sites is 1. The highest BCUT2D eigenvalue weighted by atomic mass is 32.1. The van der Waals surface area contributed by atoms with Gasteiger partial charge in [0.1, 0.15) is 23.1 Å². The number of aromatic hydroxyl groups is 2. The molecule has 0 unspecified atom stereocenters. The molecule has 3 aromatic carbocycles. The number of carbonyl (C=O) groups is 1. The maximum atomic E-state index is 13.8. The molecule has 0 radical (unpaired) electrons. The van der Waals surface area contributed by atoms with Crippen molar-refractivity contribution in [3.63, 3.8) is 0 Å². The summed E-state index contributed by atoms with van der Waals surface area (Å²) in [6.07, 6.45) is 0. The lowest BCUT2D eigenvalue weighted by molar-refractivity contribution is 0.101. The van der Waals surface area contributed by atoms with Crippen LogP contribution in [0.15, 0.2) is 89.3 Å². The number of aromatic nitrogens is 2. The van der Waals surface area contributed by atoms with Crippen molar-refractivity contribution in [2.75, 3.05) is 0 Å². The van der Waals surface area contributed by atoms with Crippen LogP contribution in [0.25, 0.3) is 26.6 Å². The maximum absolute atomic E-state index is 13.8. The van der Waals surface area contributed by atoms with Crippen molar-refractivity contribution < 1.29 is 28.6 Å². The lowest BCUT2D eigenvalue weighted by Gasteiger charge is -2.10. The third-order valence-electron chi connectivity index (χ3n) is 5.95. The van der Waals surface area contributed by atoms with E-state index in [9.17, 15) is 19.4 Å². The molecule has 188 valence electrons. The van der Waals surface area contributed by atoms with Gasteiger partial charge in [0.2, 0.25) is 11.7 Å². The van der Waals surface area contributed by atoms with E-state index in [0.29, 0.717) is 33.0 Å². The number of rotatable bonds is 6. The van der Waals surface area contributed by atoms with Gasteiger partial charge >= 0.3 is 0 Å². The number of thiazole rings is 1. The number of fused-ring (bicyclic) bond motifs is 1. The largest absolute Gasteiger partial charge is 0.503 e. The van der Waals surface area contributed by atoms with Crippen LogP contribution >= 0.6 is 11.3 Å². The number of ether oxygens (including phenoxy) is 1. The summed E-state index contributed by atoms with van der Waals surface area (Å²) in [5.41, 5.74) is 1.05. The Bertz CT molecular complexity index is 1800. The van der Waals surface area contributed by atoms with Crippen molar-refractivity contribution >= 4 is 27.3 Å². The zero-order chi connectivity index (χ0) is 26.4. The molecule has 3 aromatic heterocycles. The van der Waals surface area contributed by atoms with Crippen LogP contribution in [0.1, 0.15) is 21.9 Å². The molecule has 0 spiro atoms. The third-order valence-corrected chi connectivity index (χ3v) is 6.95. The van der Waals surface area contributed by atoms with Crippen LogP contribution in [0.2, 0.25) is 0 Å². The van der Waals surface area contributed by atoms with Crippen LogP contribution in [-0.2, 0) is 0 Å². The Hall–Kier alpha value is -4.89. The number of nitrogens with zero attached hydrogens (tertiary/aromatic N) is 2. The minimum Gasteiger partial charge on any atom is -0.503 e. The molecular formula is C29H19FN2O5S. The van der Waals surface area contributed by atoms with Crippen molar-refractivity contribution in [2.24, 2.45) is 0 Å². The second kappa shape index (κ2) is 9.20. The molecule has 0 aliphatic carbocycles. The van der Waals surface area contributed by atoms with Crippen LogP contribution < -0.4 is 4.74 Å². The number of carbonyl (C=O) groups excluding carboxylic acids is 1. The van der Waals surface area contributed by atoms with Gasteiger partial charge in [-0.2, -0.15) is 0 Å². The summed E-state index contributed by atoms with van der Waals surface area (Å²) in [6, 6.07) is 23.4. The van der Waals surface area contributed by atoms with Crippen LogP contribution in [0, 0.1) is 12.7 Å². The fourth-order valence-electron chi connectivity index (χ4n) is 4.19. The first-order valence-corrected chi connectivity index (χ1v) is 12.4. The number of hydrogen-bond acceptors (Lipinski definition) is 7. The summed E-state index contributed by atoms with van der Waals surface area (Å²) in [5.74, 6) is -0.492. The van der Waals surface area contributed by atoms with Crippen LogP contribution in [0.3, 0.4) is 0 Å². The molecule has 0 saturated heterocycles. The molecule has 38 heavy (non-hydrogen) atoms. The normalized spacial score (nSPS) is 11.2. The lowest BCUT2D eigenvalue weighted by atomic mass is 10.0. The summed E-state index contributed by atoms with van der Waals surface area (Å²) in [5, 5.41) is 22.3. The van der Waals surface area contributed by atoms with Gasteiger partial charge in [0, 0.05) is 0 Å². The quantitative estimate of drug-likeness (QED) is 0.222. The van der Waals surface area contributed by atoms with Gasteiger partial charge < -0.3 is 19.4 Å². The fraction of sp³-hybridized carbons (Fsp3) is 0.0345. The predicted molar refractivity (Wildman–Crippen MR) is 141 cm³/mol. The average Bonchev–Trinajstić information content (AvgIpc) is 3.60. The van der Waals surface area contributed by atoms with Gasteiger partial charge in [-0.1, -0.05) is 29.5 Å². The number of furan rings is 1. The highest BCUT2D eigenvalue weighted by molar-refractivity contribution is 7.20. The average molecular weight is 527 g/mol. The summed E-state index contributed by atoms with van der Waals surface area (Å²) in [6.45, 7) is 1.70. The summed E-state index contributed by atoms with van der Waals surface area (Å²) >= 11 is 1.11. The van der Waals surface area contributed by atoms with Gasteiger partial charge in [-0.15, -0.1) is 0 Å². The molecule has 0 fully saturated rings. The topological polar surface area (TPSA) is 97.7 Å². The second-order valence-corrected chi connectivity index (χ2v) is 9.53. The second-order valence-electron chi connectivity index (χ2n) is 8.52. The van der Waals surface area contributed by atoms with E-state index in [4.69, 9.17) is 9.15 Å². The van der Waals surface area contributed by atoms with Gasteiger partial charge in [0.05, 0.1) is 21.5 Å². The molecule has 0 atom stereocenters. The Balaban J connectivity index is 1.53. The van der Waals surface area contributed by atoms with E-state index >= 15 is 0 Å². The number of aryl methyl sites for hydroxylation is 1. The van der Waals surface area contributed by atoms with E-state index < -0.39 is 23.2 Å². The van der Waals surface area contributed by atoms with Crippen molar-refractivity contribution in [1.82, 2.24) is 9.55 Å². The smallest absolute Gasteiger partial charge is 0.242 e. The molecule has 6 aromatic rings. The van der Waals surface area contributed by atoms with E-state index in [1.807, 2.05) is 30.3 Å². The van der Waals surface area contributed by atoms with Gasteiger partial charge in [-0.3, -0.25) is 9.36 Å². The van der Waals surface area contributed by atoms with Crippen molar-refractivity contribution in [3.8, 4) is 39.5 Å². The molecule has 0 aliphatic heterocycles. The molecule has 0 amide bonds. The number of hydrogen-bond donors (Lipinski definition) is 2. The Morgan fingerprint density at radius 1 is 0.974 bits per heavy atom. The summed E-state index contributed by atoms with van der Waals surface area (Å²) < 4.78 is 27.1. The zero-order valence-electron chi connectivity index (χ0n) is 19.9. The highest BCUT2D eigenvalue weighted by Crippen LogP contribution is 2.45. The molecule has 2 N–H and O–H groups in total. The molecule has 0 aliphatic rings. The van der Waals surface area contributed by atoms with Crippen LogP contribution in [-0.4, -0.2) is 25.5 Å². The fourth-order valence-corrected chi connectivity index (χ4v) is 5.19. The SMILES string of the molecule is Cc1ccc(C(=O)c2c(O)c(O)n(-c3nc4ccc(F)cc4s3)c2-c2ccc(Oc3ccccc3)cc2)o1. The number of halogens is 1. The monoisotopic (exact) mass is 526 g/mol. The van der Waals surface area contributed by atoms with Gasteiger partial charge in [-0.25, -0.2) is 9.37 Å². The summed E-state index contributed by atoms with van der Waals surface area (Å²) in [7, 11) is 0. The lowest BCUT2D eigenvalue weighted by Crippen LogP contribution is -2.04. The maximum Gasteiger partial charge on any atom is 0.242 e.